The molecule has 0 aliphatic rings. The van der Waals surface area contributed by atoms with Crippen molar-refractivity contribution in [3.63, 3.8) is 0 Å². The summed E-state index contributed by atoms with van der Waals surface area (Å²) in [6, 6.07) is 11.1. The van der Waals surface area contributed by atoms with E-state index in [-0.39, 0.29) is 17.1 Å². The van der Waals surface area contributed by atoms with Gasteiger partial charge in [0.05, 0.1) is 22.9 Å². The smallest absolute Gasteiger partial charge is 0.262 e. The van der Waals surface area contributed by atoms with Crippen molar-refractivity contribution in [2.75, 3.05) is 16.7 Å². The fraction of sp³-hybridized carbons (Fsp3) is 0.250. The van der Waals surface area contributed by atoms with E-state index in [0.29, 0.717) is 38.9 Å². The summed E-state index contributed by atoms with van der Waals surface area (Å²) in [5.74, 6) is -0.0736. The molecule has 7 nitrogen and oxygen atoms in total. The molecule has 0 aliphatic heterocycles. The first-order chi connectivity index (χ1) is 14.2. The van der Waals surface area contributed by atoms with Gasteiger partial charge in [-0.3, -0.25) is 18.9 Å². The summed E-state index contributed by atoms with van der Waals surface area (Å²) < 4.78 is 26.5. The number of fused-ring (bicyclic) bond motifs is 1. The second-order valence-corrected chi connectivity index (χ2v) is 9.80. The maximum atomic E-state index is 12.8. The van der Waals surface area contributed by atoms with Crippen LogP contribution in [0.2, 0.25) is 5.02 Å². The maximum Gasteiger partial charge on any atom is 0.262 e. The zero-order valence-electron chi connectivity index (χ0n) is 16.4. The molecule has 30 heavy (non-hydrogen) atoms. The average molecular weight is 466 g/mol. The standard InChI is InChI=1S/C20H20ClN3O4S2/c1-3-10-24-19(26)16-9-6-14(21)11-17(16)22-20(24)29-12-18(25)13-4-7-15(8-5-13)23-30(2,27)28/h4-9,11,23H,3,10,12H2,1-2H3. The quantitative estimate of drug-likeness (QED) is 0.308. The monoisotopic (exact) mass is 465 g/mol. The normalized spacial score (nSPS) is 11.6. The Bertz CT molecular complexity index is 1260. The molecule has 1 N–H and O–H groups in total. The number of carbonyl (C=O) groups is 1. The molecular formula is C20H20ClN3O4S2. The van der Waals surface area contributed by atoms with Gasteiger partial charge in [-0.05, 0) is 48.9 Å². The molecule has 0 radical (unpaired) electrons. The lowest BCUT2D eigenvalue weighted by Crippen LogP contribution is -2.23. The van der Waals surface area contributed by atoms with E-state index in [1.54, 1.807) is 34.9 Å². The molecule has 0 fully saturated rings. The van der Waals surface area contributed by atoms with Gasteiger partial charge in [-0.2, -0.15) is 0 Å². The zero-order valence-corrected chi connectivity index (χ0v) is 18.8. The number of carbonyl (C=O) groups excluding carboxylic acids is 1. The van der Waals surface area contributed by atoms with E-state index in [4.69, 9.17) is 11.6 Å². The van der Waals surface area contributed by atoms with Crippen molar-refractivity contribution in [1.29, 1.82) is 0 Å². The first kappa shape index (κ1) is 22.3. The van der Waals surface area contributed by atoms with E-state index in [1.807, 2.05) is 6.92 Å². The van der Waals surface area contributed by atoms with Gasteiger partial charge in [0.1, 0.15) is 0 Å². The van der Waals surface area contributed by atoms with Crippen LogP contribution >= 0.6 is 23.4 Å². The van der Waals surface area contributed by atoms with E-state index >= 15 is 0 Å². The van der Waals surface area contributed by atoms with Crippen molar-refractivity contribution in [2.45, 2.75) is 25.0 Å². The van der Waals surface area contributed by atoms with Crippen molar-refractivity contribution in [2.24, 2.45) is 0 Å². The van der Waals surface area contributed by atoms with Crippen molar-refractivity contribution >= 4 is 55.8 Å². The van der Waals surface area contributed by atoms with E-state index in [9.17, 15) is 18.0 Å². The lowest BCUT2D eigenvalue weighted by atomic mass is 10.1. The van der Waals surface area contributed by atoms with Crippen LogP contribution in [-0.2, 0) is 16.6 Å². The van der Waals surface area contributed by atoms with Gasteiger partial charge >= 0.3 is 0 Å². The van der Waals surface area contributed by atoms with Crippen molar-refractivity contribution in [1.82, 2.24) is 9.55 Å². The fourth-order valence-corrected chi connectivity index (χ4v) is 4.51. The van der Waals surface area contributed by atoms with Crippen molar-refractivity contribution < 1.29 is 13.2 Å². The lowest BCUT2D eigenvalue weighted by molar-refractivity contribution is 0.102. The molecule has 0 saturated heterocycles. The molecule has 0 saturated carbocycles. The Morgan fingerprint density at radius 1 is 1.20 bits per heavy atom. The largest absolute Gasteiger partial charge is 0.293 e. The summed E-state index contributed by atoms with van der Waals surface area (Å²) in [5.41, 5.74) is 1.15. The highest BCUT2D eigenvalue weighted by Gasteiger charge is 2.14. The topological polar surface area (TPSA) is 98.1 Å². The SMILES string of the molecule is CCCn1c(SCC(=O)c2ccc(NS(C)(=O)=O)cc2)nc2cc(Cl)ccc2c1=O. The number of nitrogens with zero attached hydrogens (tertiary/aromatic N) is 2. The summed E-state index contributed by atoms with van der Waals surface area (Å²) in [7, 11) is -3.38. The Labute approximate surface area is 183 Å². The lowest BCUT2D eigenvalue weighted by Gasteiger charge is -2.12. The van der Waals surface area contributed by atoms with Crippen LogP contribution in [0.5, 0.6) is 0 Å². The summed E-state index contributed by atoms with van der Waals surface area (Å²) in [6.07, 6.45) is 1.80. The first-order valence-electron chi connectivity index (χ1n) is 9.12. The van der Waals surface area contributed by atoms with Crippen LogP contribution in [0.4, 0.5) is 5.69 Å². The Morgan fingerprint density at radius 2 is 1.90 bits per heavy atom. The molecular weight excluding hydrogens is 446 g/mol. The third-order valence-electron chi connectivity index (χ3n) is 4.17. The minimum Gasteiger partial charge on any atom is -0.293 e. The molecule has 10 heteroatoms. The van der Waals surface area contributed by atoms with Gasteiger partial charge < -0.3 is 0 Å². The number of anilines is 1. The molecule has 1 heterocycles. The highest BCUT2D eigenvalue weighted by molar-refractivity contribution is 7.99. The van der Waals surface area contributed by atoms with Crippen LogP contribution in [0.1, 0.15) is 23.7 Å². The third-order valence-corrected chi connectivity index (χ3v) is 5.99. The molecule has 0 amide bonds. The van der Waals surface area contributed by atoms with Crippen LogP contribution in [0, 0.1) is 0 Å². The van der Waals surface area contributed by atoms with Crippen LogP contribution in [0.3, 0.4) is 0 Å². The first-order valence-corrected chi connectivity index (χ1v) is 12.4. The van der Waals surface area contributed by atoms with Gasteiger partial charge in [0.25, 0.3) is 5.56 Å². The average Bonchev–Trinajstić information content (AvgIpc) is 2.67. The number of hydrogen-bond acceptors (Lipinski definition) is 6. The second kappa shape index (κ2) is 9.20. The molecule has 3 rings (SSSR count). The second-order valence-electron chi connectivity index (χ2n) is 6.68. The van der Waals surface area contributed by atoms with Crippen LogP contribution < -0.4 is 10.3 Å². The highest BCUT2D eigenvalue weighted by Crippen LogP contribution is 2.22. The number of aromatic nitrogens is 2. The molecule has 158 valence electrons. The van der Waals surface area contributed by atoms with Gasteiger partial charge in [0.15, 0.2) is 10.9 Å². The van der Waals surface area contributed by atoms with Gasteiger partial charge in [-0.25, -0.2) is 13.4 Å². The number of hydrogen-bond donors (Lipinski definition) is 1. The zero-order chi connectivity index (χ0) is 21.9. The summed E-state index contributed by atoms with van der Waals surface area (Å²) in [6.45, 7) is 2.46. The number of Topliss-reactive ketones (excluding diaryl/α,β-unsaturated/α-hetero) is 1. The number of nitrogens with one attached hydrogen (secondary N) is 1. The maximum absolute atomic E-state index is 12.8. The molecule has 0 spiro atoms. The Hall–Kier alpha value is -2.36. The predicted molar refractivity (Wildman–Crippen MR) is 121 cm³/mol. The summed E-state index contributed by atoms with van der Waals surface area (Å²) >= 11 is 7.22. The summed E-state index contributed by atoms with van der Waals surface area (Å²) in [5, 5.41) is 1.43. The van der Waals surface area contributed by atoms with Crippen LogP contribution in [-0.4, -0.2) is 35.8 Å². The Morgan fingerprint density at radius 3 is 2.53 bits per heavy atom. The molecule has 1 aromatic heterocycles. The highest BCUT2D eigenvalue weighted by atomic mass is 35.5. The van der Waals surface area contributed by atoms with E-state index in [2.05, 4.69) is 9.71 Å². The number of thioether (sulfide) groups is 1. The predicted octanol–water partition coefficient (Wildman–Crippen LogP) is 3.81. The van der Waals surface area contributed by atoms with Gasteiger partial charge in [-0.1, -0.05) is 30.3 Å². The third kappa shape index (κ3) is 5.41. The number of ketones is 1. The molecule has 0 unspecified atom stereocenters. The Kier molecular flexibility index (Phi) is 6.84. The Balaban J connectivity index is 1.83. The van der Waals surface area contributed by atoms with Crippen molar-refractivity contribution in [3.05, 3.63) is 63.4 Å². The minimum atomic E-state index is -3.38. The molecule has 0 bridgehead atoms. The van der Waals surface area contributed by atoms with E-state index < -0.39 is 10.0 Å². The number of halogens is 1. The summed E-state index contributed by atoms with van der Waals surface area (Å²) in [4.78, 5) is 30.0. The van der Waals surface area contributed by atoms with Crippen LogP contribution in [0.15, 0.2) is 52.4 Å². The van der Waals surface area contributed by atoms with Crippen molar-refractivity contribution in [3.8, 4) is 0 Å². The number of sulfonamides is 1. The minimum absolute atomic E-state index is 0.0844. The molecule has 2 aromatic carbocycles. The molecule has 3 aromatic rings. The molecule has 0 aliphatic carbocycles. The van der Waals surface area contributed by atoms with Crippen LogP contribution in [0.25, 0.3) is 10.9 Å². The fourth-order valence-electron chi connectivity index (χ4n) is 2.86. The van der Waals surface area contributed by atoms with E-state index in [1.165, 1.54) is 23.9 Å². The molecule has 0 atom stereocenters. The number of benzene rings is 2. The number of rotatable bonds is 8. The van der Waals surface area contributed by atoms with Gasteiger partial charge in [0.2, 0.25) is 10.0 Å². The van der Waals surface area contributed by atoms with Gasteiger partial charge in [0, 0.05) is 22.8 Å². The van der Waals surface area contributed by atoms with E-state index in [0.717, 1.165) is 12.7 Å². The van der Waals surface area contributed by atoms with Gasteiger partial charge in [-0.15, -0.1) is 0 Å².